The van der Waals surface area contributed by atoms with E-state index >= 15 is 0 Å². The van der Waals surface area contributed by atoms with Crippen molar-refractivity contribution in [2.45, 2.75) is 30.1 Å². The molecule has 2 atom stereocenters. The third-order valence-corrected chi connectivity index (χ3v) is 6.61. The van der Waals surface area contributed by atoms with Gasteiger partial charge in [-0.3, -0.25) is 10.0 Å². The lowest BCUT2D eigenvalue weighted by atomic mass is 10.1. The summed E-state index contributed by atoms with van der Waals surface area (Å²) in [7, 11) is -2.48. The monoisotopic (exact) mass is 520 g/mol. The summed E-state index contributed by atoms with van der Waals surface area (Å²) in [5, 5.41) is 33.2. The van der Waals surface area contributed by atoms with E-state index in [0.717, 1.165) is 35.6 Å². The number of aromatic hydroxyl groups is 1. The quantitative estimate of drug-likeness (QED) is 0.171. The zero-order valence-corrected chi connectivity index (χ0v) is 20.4. The molecule has 0 amide bonds. The van der Waals surface area contributed by atoms with Crippen LogP contribution in [0.4, 0.5) is 10.1 Å². The summed E-state index contributed by atoms with van der Waals surface area (Å²) >= 11 is 0. The van der Waals surface area contributed by atoms with Crippen LogP contribution in [-0.4, -0.2) is 56.3 Å². The van der Waals surface area contributed by atoms with E-state index in [0.29, 0.717) is 12.8 Å². The van der Waals surface area contributed by atoms with E-state index in [2.05, 4.69) is 10.0 Å². The van der Waals surface area contributed by atoms with Crippen molar-refractivity contribution in [1.82, 2.24) is 5.32 Å². The number of anilines is 1. The first-order chi connectivity index (χ1) is 17.2. The van der Waals surface area contributed by atoms with E-state index in [1.807, 2.05) is 24.3 Å². The van der Waals surface area contributed by atoms with Gasteiger partial charge < -0.3 is 24.8 Å². The molecule has 3 aromatic carbocycles. The molecule has 36 heavy (non-hydrogen) atoms. The molecule has 3 aromatic rings. The molecule has 0 saturated heterocycles. The molecule has 0 aromatic heterocycles. The Balaban J connectivity index is 1.47. The number of aliphatic hydroxyl groups excluding tert-OH is 2. The van der Waals surface area contributed by atoms with Gasteiger partial charge in [0.15, 0.2) is 0 Å². The summed E-state index contributed by atoms with van der Waals surface area (Å²) in [5.74, 6) is 0.0375. The van der Waals surface area contributed by atoms with E-state index < -0.39 is 28.2 Å². The number of phenolic OH excluding ortho intramolecular Hbond substituents is 1. The molecule has 1 unspecified atom stereocenters. The SMILES string of the molecule is COc1ccc(CC[C@H](O)NCC(O)COc2ccc(O)c(NS(=O)(=O)c3ccc(F)cc3)c2)cc1. The Labute approximate surface area is 209 Å². The molecule has 0 heterocycles. The third kappa shape index (κ3) is 8.09. The van der Waals surface area contributed by atoms with Crippen molar-refractivity contribution in [1.29, 1.82) is 0 Å². The van der Waals surface area contributed by atoms with E-state index in [4.69, 9.17) is 9.47 Å². The molecular weight excluding hydrogens is 491 g/mol. The summed E-state index contributed by atoms with van der Waals surface area (Å²) < 4.78 is 50.9. The number of benzene rings is 3. The maximum absolute atomic E-state index is 13.1. The third-order valence-electron chi connectivity index (χ3n) is 5.23. The number of rotatable bonds is 13. The average molecular weight is 521 g/mol. The van der Waals surface area contributed by atoms with Gasteiger partial charge in [0.1, 0.15) is 42.0 Å². The number of hydrogen-bond donors (Lipinski definition) is 5. The topological polar surface area (TPSA) is 137 Å². The minimum absolute atomic E-state index is 0.0614. The largest absolute Gasteiger partial charge is 0.506 e. The Morgan fingerprint density at radius 1 is 0.972 bits per heavy atom. The van der Waals surface area contributed by atoms with Gasteiger partial charge >= 0.3 is 0 Å². The second kappa shape index (κ2) is 12.5. The van der Waals surface area contributed by atoms with E-state index in [1.54, 1.807) is 7.11 Å². The van der Waals surface area contributed by atoms with Crippen molar-refractivity contribution in [3.63, 3.8) is 0 Å². The lowest BCUT2D eigenvalue weighted by Gasteiger charge is -2.17. The molecule has 0 spiro atoms. The normalized spacial score (nSPS) is 13.1. The maximum Gasteiger partial charge on any atom is 0.262 e. The lowest BCUT2D eigenvalue weighted by molar-refractivity contribution is 0.0712. The van der Waals surface area contributed by atoms with Crippen molar-refractivity contribution < 1.29 is 37.6 Å². The Bertz CT molecular complexity index is 1220. The summed E-state index contributed by atoms with van der Waals surface area (Å²) in [4.78, 5) is -0.179. The highest BCUT2D eigenvalue weighted by atomic mass is 32.2. The highest BCUT2D eigenvalue weighted by molar-refractivity contribution is 7.92. The summed E-state index contributed by atoms with van der Waals surface area (Å²) in [6.07, 6.45) is -0.721. The molecule has 11 heteroatoms. The number of sulfonamides is 1. The van der Waals surface area contributed by atoms with Crippen LogP contribution in [0.25, 0.3) is 0 Å². The molecule has 0 radical (unpaired) electrons. The minimum Gasteiger partial charge on any atom is -0.506 e. The number of methoxy groups -OCH3 is 1. The fourth-order valence-corrected chi connectivity index (χ4v) is 4.29. The summed E-state index contributed by atoms with van der Waals surface area (Å²) in [6, 6.07) is 15.7. The summed E-state index contributed by atoms with van der Waals surface area (Å²) in [6.45, 7) is -0.0843. The van der Waals surface area contributed by atoms with Crippen molar-refractivity contribution >= 4 is 15.7 Å². The Morgan fingerprint density at radius 2 is 1.64 bits per heavy atom. The minimum atomic E-state index is -4.07. The van der Waals surface area contributed by atoms with Gasteiger partial charge in [0.2, 0.25) is 0 Å². The molecule has 0 aliphatic rings. The van der Waals surface area contributed by atoms with Crippen molar-refractivity contribution in [3.05, 3.63) is 78.1 Å². The Morgan fingerprint density at radius 3 is 2.31 bits per heavy atom. The van der Waals surface area contributed by atoms with Gasteiger partial charge in [0.05, 0.1) is 17.7 Å². The van der Waals surface area contributed by atoms with Crippen molar-refractivity contribution in [2.75, 3.05) is 25.0 Å². The fraction of sp³-hybridized carbons (Fsp3) is 0.280. The molecule has 0 aliphatic heterocycles. The van der Waals surface area contributed by atoms with Crippen LogP contribution < -0.4 is 19.5 Å². The van der Waals surface area contributed by atoms with Crippen LogP contribution in [0.2, 0.25) is 0 Å². The molecule has 3 rings (SSSR count). The Kier molecular flexibility index (Phi) is 9.48. The van der Waals surface area contributed by atoms with Crippen molar-refractivity contribution in [3.8, 4) is 17.2 Å². The molecule has 5 N–H and O–H groups in total. The van der Waals surface area contributed by atoms with Crippen LogP contribution in [0.1, 0.15) is 12.0 Å². The van der Waals surface area contributed by atoms with Gasteiger partial charge in [-0.2, -0.15) is 0 Å². The lowest BCUT2D eigenvalue weighted by Crippen LogP contribution is -2.38. The van der Waals surface area contributed by atoms with Crippen molar-refractivity contribution in [2.24, 2.45) is 0 Å². The second-order valence-electron chi connectivity index (χ2n) is 8.01. The van der Waals surface area contributed by atoms with Gasteiger partial charge in [0, 0.05) is 12.6 Å². The Hall–Kier alpha value is -3.38. The first-order valence-electron chi connectivity index (χ1n) is 11.1. The van der Waals surface area contributed by atoms with E-state index in [1.165, 1.54) is 18.2 Å². The maximum atomic E-state index is 13.1. The fourth-order valence-electron chi connectivity index (χ4n) is 3.23. The van der Waals surface area contributed by atoms with Gasteiger partial charge in [-0.05, 0) is 66.9 Å². The number of aryl methyl sites for hydroxylation is 1. The number of nitrogens with one attached hydrogen (secondary N) is 2. The number of hydrogen-bond acceptors (Lipinski definition) is 8. The smallest absolute Gasteiger partial charge is 0.262 e. The first kappa shape index (κ1) is 27.2. The number of halogens is 1. The van der Waals surface area contributed by atoms with Crippen LogP contribution in [0.15, 0.2) is 71.6 Å². The second-order valence-corrected chi connectivity index (χ2v) is 9.70. The molecular formula is C25H29FN2O7S. The van der Waals surface area contributed by atoms with Crippen LogP contribution in [-0.2, 0) is 16.4 Å². The molecule has 9 nitrogen and oxygen atoms in total. The van der Waals surface area contributed by atoms with Crippen LogP contribution in [0, 0.1) is 5.82 Å². The molecule has 0 fully saturated rings. The zero-order chi connectivity index (χ0) is 26.1. The number of phenols is 1. The highest BCUT2D eigenvalue weighted by Gasteiger charge is 2.17. The highest BCUT2D eigenvalue weighted by Crippen LogP contribution is 2.30. The molecule has 194 valence electrons. The standard InChI is InChI=1S/C25H29FN2O7S/c1-34-20-7-2-17(3-8-20)4-13-25(31)27-15-19(29)16-35-21-9-12-24(30)23(14-21)28-36(32,33)22-10-5-18(26)6-11-22/h2-3,5-12,14,19,25,27-31H,4,13,15-16H2,1H3/t19?,25-/m0/s1. The average Bonchev–Trinajstić information content (AvgIpc) is 2.87. The van der Waals surface area contributed by atoms with Gasteiger partial charge in [0.25, 0.3) is 10.0 Å². The zero-order valence-electron chi connectivity index (χ0n) is 19.6. The van der Waals surface area contributed by atoms with E-state index in [9.17, 15) is 28.1 Å². The summed E-state index contributed by atoms with van der Waals surface area (Å²) in [5.41, 5.74) is 0.900. The number of aliphatic hydroxyl groups is 2. The molecule has 0 aliphatic carbocycles. The van der Waals surface area contributed by atoms with E-state index in [-0.39, 0.29) is 35.2 Å². The molecule has 0 bridgehead atoms. The first-order valence-corrected chi connectivity index (χ1v) is 12.6. The van der Waals surface area contributed by atoms with Crippen LogP contribution in [0.5, 0.6) is 17.2 Å². The van der Waals surface area contributed by atoms with Gasteiger partial charge in [-0.15, -0.1) is 0 Å². The molecule has 0 saturated carbocycles. The van der Waals surface area contributed by atoms with Gasteiger partial charge in [-0.25, -0.2) is 12.8 Å². The van der Waals surface area contributed by atoms with Gasteiger partial charge in [-0.1, -0.05) is 12.1 Å². The predicted octanol–water partition coefficient (Wildman–Crippen LogP) is 2.62. The van der Waals surface area contributed by atoms with Crippen LogP contribution >= 0.6 is 0 Å². The predicted molar refractivity (Wildman–Crippen MR) is 132 cm³/mol. The number of ether oxygens (including phenoxy) is 2. The van der Waals surface area contributed by atoms with Crippen LogP contribution in [0.3, 0.4) is 0 Å².